The maximum atomic E-state index is 12.5. The minimum absolute atomic E-state index is 0.0396. The summed E-state index contributed by atoms with van der Waals surface area (Å²) in [5.74, 6) is 0.402. The van der Waals surface area contributed by atoms with Gasteiger partial charge < -0.3 is 4.74 Å². The first-order valence-electron chi connectivity index (χ1n) is 7.97. The van der Waals surface area contributed by atoms with Gasteiger partial charge in [-0.15, -0.1) is 0 Å². The van der Waals surface area contributed by atoms with Gasteiger partial charge in [-0.3, -0.25) is 15.0 Å². The van der Waals surface area contributed by atoms with Gasteiger partial charge in [0.1, 0.15) is 11.6 Å². The minimum Gasteiger partial charge on any atom is -0.444 e. The second-order valence-electron chi connectivity index (χ2n) is 5.99. The molecule has 0 bridgehead atoms. The van der Waals surface area contributed by atoms with Crippen molar-refractivity contribution in [3.63, 3.8) is 0 Å². The highest BCUT2D eigenvalue weighted by Gasteiger charge is 2.29. The van der Waals surface area contributed by atoms with Crippen LogP contribution in [0.15, 0.2) is 48.5 Å². The molecule has 0 heterocycles. The van der Waals surface area contributed by atoms with Crippen LogP contribution in [-0.2, 0) is 11.3 Å². The predicted molar refractivity (Wildman–Crippen MR) is 94.8 cm³/mol. The zero-order valence-electron chi connectivity index (χ0n) is 13.4. The lowest BCUT2D eigenvalue weighted by Crippen LogP contribution is -2.33. The van der Waals surface area contributed by atoms with E-state index in [-0.39, 0.29) is 17.3 Å². The van der Waals surface area contributed by atoms with Crippen LogP contribution in [-0.4, -0.2) is 17.6 Å². The largest absolute Gasteiger partial charge is 0.444 e. The smallest absolute Gasteiger partial charge is 0.414 e. The maximum Gasteiger partial charge on any atom is 0.414 e. The van der Waals surface area contributed by atoms with Gasteiger partial charge in [-0.2, -0.15) is 0 Å². The van der Waals surface area contributed by atoms with Gasteiger partial charge in [-0.25, -0.2) is 4.79 Å². The van der Waals surface area contributed by atoms with E-state index in [4.69, 9.17) is 16.3 Å². The lowest BCUT2D eigenvalue weighted by molar-refractivity contribution is -0.384. The molecule has 3 rings (SSSR count). The van der Waals surface area contributed by atoms with Gasteiger partial charge in [0.2, 0.25) is 0 Å². The van der Waals surface area contributed by atoms with E-state index in [2.05, 4.69) is 0 Å². The lowest BCUT2D eigenvalue weighted by atomic mass is 10.2. The maximum absolute atomic E-state index is 12.5. The second kappa shape index (κ2) is 7.53. The number of amides is 1. The number of nitrogens with zero attached hydrogens (tertiary/aromatic N) is 2. The number of carbonyl (C=O) groups excluding carboxylic acids is 1. The van der Waals surface area contributed by atoms with Crippen molar-refractivity contribution < 1.29 is 14.5 Å². The molecule has 0 aliphatic heterocycles. The third-order valence-electron chi connectivity index (χ3n) is 4.00. The number of hydrogen-bond acceptors (Lipinski definition) is 4. The van der Waals surface area contributed by atoms with Gasteiger partial charge in [0, 0.05) is 12.6 Å². The molecule has 0 aromatic heterocycles. The van der Waals surface area contributed by atoms with Crippen LogP contribution in [0.5, 0.6) is 0 Å². The number of carbonyl (C=O) groups is 1. The number of anilines is 1. The summed E-state index contributed by atoms with van der Waals surface area (Å²) in [7, 11) is 0. The predicted octanol–water partition coefficient (Wildman–Crippen LogP) is 4.80. The van der Waals surface area contributed by atoms with Crippen molar-refractivity contribution in [2.24, 2.45) is 5.92 Å². The van der Waals surface area contributed by atoms with Crippen LogP contribution in [0.4, 0.5) is 16.2 Å². The summed E-state index contributed by atoms with van der Waals surface area (Å²) < 4.78 is 5.39. The van der Waals surface area contributed by atoms with Gasteiger partial charge in [-0.05, 0) is 36.5 Å². The van der Waals surface area contributed by atoms with E-state index < -0.39 is 11.0 Å². The Morgan fingerprint density at radius 3 is 2.60 bits per heavy atom. The highest BCUT2D eigenvalue weighted by Crippen LogP contribution is 2.34. The lowest BCUT2D eigenvalue weighted by Gasteiger charge is -2.22. The first kappa shape index (κ1) is 17.2. The Bertz CT molecular complexity index is 778. The quantitative estimate of drug-likeness (QED) is 0.547. The monoisotopic (exact) mass is 360 g/mol. The second-order valence-corrected chi connectivity index (χ2v) is 6.39. The van der Waals surface area contributed by atoms with Crippen molar-refractivity contribution in [2.45, 2.75) is 19.4 Å². The Kier molecular flexibility index (Phi) is 5.19. The highest BCUT2D eigenvalue weighted by molar-refractivity contribution is 6.32. The molecule has 1 saturated carbocycles. The van der Waals surface area contributed by atoms with Crippen molar-refractivity contribution >= 4 is 29.1 Å². The van der Waals surface area contributed by atoms with Crippen LogP contribution < -0.4 is 4.90 Å². The van der Waals surface area contributed by atoms with Gasteiger partial charge in [0.15, 0.2) is 0 Å². The molecule has 0 radical (unpaired) electrons. The number of halogens is 1. The summed E-state index contributed by atoms with van der Waals surface area (Å²) in [6.45, 7) is 0.628. The molecule has 0 saturated heterocycles. The summed E-state index contributed by atoms with van der Waals surface area (Å²) in [6, 6.07) is 13.7. The first-order chi connectivity index (χ1) is 12.0. The standard InChI is InChI=1S/C18H17ClN2O4/c19-16-9-8-15(10-17(16)21(23)24)20(11-13-6-7-13)18(22)25-12-14-4-2-1-3-5-14/h1-5,8-10,13H,6-7,11-12H2. The fourth-order valence-electron chi connectivity index (χ4n) is 2.45. The molecule has 1 aliphatic carbocycles. The molecular weight excluding hydrogens is 344 g/mol. The van der Waals surface area contributed by atoms with Crippen LogP contribution in [0.2, 0.25) is 5.02 Å². The zero-order chi connectivity index (χ0) is 17.8. The third-order valence-corrected chi connectivity index (χ3v) is 4.32. The van der Waals surface area contributed by atoms with Crippen molar-refractivity contribution in [1.82, 2.24) is 0 Å². The average Bonchev–Trinajstić information content (AvgIpc) is 3.43. The summed E-state index contributed by atoms with van der Waals surface area (Å²) in [4.78, 5) is 24.5. The molecule has 1 fully saturated rings. The fraction of sp³-hybridized carbons (Fsp3) is 0.278. The van der Waals surface area contributed by atoms with Crippen LogP contribution in [0.3, 0.4) is 0 Å². The van der Waals surface area contributed by atoms with E-state index in [0.29, 0.717) is 18.2 Å². The van der Waals surface area contributed by atoms with E-state index in [9.17, 15) is 14.9 Å². The molecule has 2 aromatic rings. The van der Waals surface area contributed by atoms with Crippen LogP contribution in [0.1, 0.15) is 18.4 Å². The summed E-state index contributed by atoms with van der Waals surface area (Å²) in [5.41, 5.74) is 1.07. The molecule has 1 amide bonds. The van der Waals surface area contributed by atoms with E-state index in [0.717, 1.165) is 18.4 Å². The number of nitro groups is 1. The summed E-state index contributed by atoms with van der Waals surface area (Å²) in [6.07, 6.45) is 1.56. The minimum atomic E-state index is -0.559. The first-order valence-corrected chi connectivity index (χ1v) is 8.34. The van der Waals surface area contributed by atoms with Gasteiger partial charge in [0.25, 0.3) is 5.69 Å². The number of benzene rings is 2. The molecular formula is C18H17ClN2O4. The molecule has 2 aromatic carbocycles. The Hall–Kier alpha value is -2.60. The SMILES string of the molecule is O=C(OCc1ccccc1)N(CC1CC1)c1ccc(Cl)c([N+](=O)[O-])c1. The van der Waals surface area contributed by atoms with Crippen LogP contribution in [0, 0.1) is 16.0 Å². The molecule has 6 nitrogen and oxygen atoms in total. The van der Waals surface area contributed by atoms with Gasteiger partial charge >= 0.3 is 6.09 Å². The van der Waals surface area contributed by atoms with E-state index in [1.807, 2.05) is 30.3 Å². The molecule has 0 unspecified atom stereocenters. The molecule has 130 valence electrons. The normalized spacial score (nSPS) is 13.3. The Balaban J connectivity index is 1.78. The highest BCUT2D eigenvalue weighted by atomic mass is 35.5. The Labute approximate surface area is 150 Å². The van der Waals surface area contributed by atoms with E-state index in [1.54, 1.807) is 6.07 Å². The van der Waals surface area contributed by atoms with Crippen molar-refractivity contribution in [1.29, 1.82) is 0 Å². The topological polar surface area (TPSA) is 72.7 Å². The number of rotatable bonds is 6. The Morgan fingerprint density at radius 2 is 1.96 bits per heavy atom. The zero-order valence-corrected chi connectivity index (χ0v) is 14.2. The molecule has 25 heavy (non-hydrogen) atoms. The number of nitro benzene ring substituents is 1. The van der Waals surface area contributed by atoms with E-state index >= 15 is 0 Å². The summed E-state index contributed by atoms with van der Waals surface area (Å²) >= 11 is 5.86. The molecule has 0 spiro atoms. The number of hydrogen-bond donors (Lipinski definition) is 0. The average molecular weight is 361 g/mol. The van der Waals surface area contributed by atoms with Crippen LogP contribution in [0.25, 0.3) is 0 Å². The van der Waals surface area contributed by atoms with Gasteiger partial charge in [0.05, 0.1) is 10.6 Å². The van der Waals surface area contributed by atoms with E-state index in [1.165, 1.54) is 17.0 Å². The Morgan fingerprint density at radius 1 is 1.24 bits per heavy atom. The van der Waals surface area contributed by atoms with Crippen molar-refractivity contribution in [3.05, 3.63) is 69.2 Å². The molecule has 1 aliphatic rings. The summed E-state index contributed by atoms with van der Waals surface area (Å²) in [5, 5.41) is 11.1. The third kappa shape index (κ3) is 4.48. The van der Waals surface area contributed by atoms with Gasteiger partial charge in [-0.1, -0.05) is 41.9 Å². The van der Waals surface area contributed by atoms with Crippen LogP contribution >= 0.6 is 11.6 Å². The van der Waals surface area contributed by atoms with Crippen molar-refractivity contribution in [2.75, 3.05) is 11.4 Å². The molecule has 0 atom stereocenters. The molecule has 0 N–H and O–H groups in total. The molecule has 7 heteroatoms. The number of ether oxygens (including phenoxy) is 1. The fourth-order valence-corrected chi connectivity index (χ4v) is 2.64. The van der Waals surface area contributed by atoms with Crippen molar-refractivity contribution in [3.8, 4) is 0 Å².